The lowest BCUT2D eigenvalue weighted by Crippen LogP contribution is -2.34. The largest absolute Gasteiger partial charge is 0.479 e. The topological polar surface area (TPSA) is 50.7 Å². The van der Waals surface area contributed by atoms with Crippen molar-refractivity contribution in [3.05, 3.63) is 64.1 Å². The average molecular weight is 351 g/mol. The quantitative estimate of drug-likeness (QED) is 0.645. The molecule has 0 aliphatic carbocycles. The molecule has 0 heterocycles. The maximum Gasteiger partial charge on any atom is 0.280 e. The van der Waals surface area contributed by atoms with Crippen LogP contribution >= 0.6 is 23.2 Å². The second-order valence-corrected chi connectivity index (χ2v) is 5.72. The average Bonchev–Trinajstić information content (AvgIpc) is 2.55. The Bertz CT molecular complexity index is 718. The van der Waals surface area contributed by atoms with Crippen molar-refractivity contribution in [2.45, 2.75) is 20.0 Å². The van der Waals surface area contributed by atoms with E-state index in [0.717, 1.165) is 5.56 Å². The number of nitrogens with zero attached hydrogens (tertiary/aromatic N) is 1. The number of benzene rings is 2. The summed E-state index contributed by atoms with van der Waals surface area (Å²) < 4.78 is 5.53. The number of hydrazone groups is 1. The molecule has 2 aromatic carbocycles. The van der Waals surface area contributed by atoms with E-state index in [1.54, 1.807) is 25.1 Å². The van der Waals surface area contributed by atoms with E-state index in [2.05, 4.69) is 10.5 Å². The van der Waals surface area contributed by atoms with Gasteiger partial charge in [0, 0.05) is 5.02 Å². The number of amides is 1. The third-order valence-corrected chi connectivity index (χ3v) is 3.62. The molecule has 0 spiro atoms. The van der Waals surface area contributed by atoms with E-state index >= 15 is 0 Å². The van der Waals surface area contributed by atoms with Crippen LogP contribution in [0.15, 0.2) is 53.6 Å². The summed E-state index contributed by atoms with van der Waals surface area (Å²) >= 11 is 11.8. The summed E-state index contributed by atoms with van der Waals surface area (Å²) in [5, 5.41) is 4.93. The Morgan fingerprint density at radius 1 is 1.17 bits per heavy atom. The molecule has 4 nitrogen and oxygen atoms in total. The van der Waals surface area contributed by atoms with Crippen LogP contribution in [-0.4, -0.2) is 17.7 Å². The number of carbonyl (C=O) groups excluding carboxylic acids is 1. The molecule has 0 saturated carbocycles. The van der Waals surface area contributed by atoms with Crippen molar-refractivity contribution < 1.29 is 9.53 Å². The van der Waals surface area contributed by atoms with Crippen molar-refractivity contribution in [1.82, 2.24) is 5.43 Å². The first-order valence-corrected chi connectivity index (χ1v) is 7.74. The highest BCUT2D eigenvalue weighted by Crippen LogP contribution is 2.28. The van der Waals surface area contributed by atoms with Gasteiger partial charge in [0.1, 0.15) is 5.75 Å². The van der Waals surface area contributed by atoms with Gasteiger partial charge in [-0.15, -0.1) is 0 Å². The van der Waals surface area contributed by atoms with Gasteiger partial charge in [-0.1, -0.05) is 53.5 Å². The van der Waals surface area contributed by atoms with Crippen LogP contribution in [-0.2, 0) is 4.79 Å². The van der Waals surface area contributed by atoms with E-state index in [0.29, 0.717) is 21.5 Å². The lowest BCUT2D eigenvalue weighted by Gasteiger charge is -2.14. The molecular weight excluding hydrogens is 335 g/mol. The molecular formula is C17H16Cl2N2O2. The molecule has 120 valence electrons. The van der Waals surface area contributed by atoms with Gasteiger partial charge in [0.2, 0.25) is 0 Å². The molecule has 1 atom stereocenters. The number of halogens is 2. The first-order valence-electron chi connectivity index (χ1n) is 6.98. The molecule has 1 N–H and O–H groups in total. The van der Waals surface area contributed by atoms with Crippen LogP contribution in [0.25, 0.3) is 0 Å². The van der Waals surface area contributed by atoms with Crippen LogP contribution in [0, 0.1) is 0 Å². The number of hydrogen-bond donors (Lipinski definition) is 1. The van der Waals surface area contributed by atoms with Crippen LogP contribution in [0.5, 0.6) is 5.75 Å². The lowest BCUT2D eigenvalue weighted by molar-refractivity contribution is -0.127. The maximum atomic E-state index is 12.0. The molecule has 0 aliphatic rings. The minimum absolute atomic E-state index is 0.348. The number of rotatable bonds is 5. The summed E-state index contributed by atoms with van der Waals surface area (Å²) in [6.45, 7) is 3.44. The van der Waals surface area contributed by atoms with E-state index < -0.39 is 6.10 Å². The minimum Gasteiger partial charge on any atom is -0.479 e. The van der Waals surface area contributed by atoms with E-state index in [9.17, 15) is 4.79 Å². The summed E-state index contributed by atoms with van der Waals surface area (Å²) in [6, 6.07) is 14.4. The number of carbonyl (C=O) groups is 1. The van der Waals surface area contributed by atoms with Crippen molar-refractivity contribution in [3.63, 3.8) is 0 Å². The Morgan fingerprint density at radius 2 is 1.87 bits per heavy atom. The highest BCUT2D eigenvalue weighted by atomic mass is 35.5. The summed E-state index contributed by atoms with van der Waals surface area (Å²) in [6.07, 6.45) is -0.749. The van der Waals surface area contributed by atoms with Crippen molar-refractivity contribution in [2.24, 2.45) is 5.10 Å². The van der Waals surface area contributed by atoms with Crippen molar-refractivity contribution in [3.8, 4) is 5.75 Å². The molecule has 1 unspecified atom stereocenters. The second-order valence-electron chi connectivity index (χ2n) is 4.87. The van der Waals surface area contributed by atoms with E-state index in [-0.39, 0.29) is 5.91 Å². The van der Waals surface area contributed by atoms with Gasteiger partial charge in [-0.05, 0) is 37.6 Å². The Kier molecular flexibility index (Phi) is 6.02. The Hall–Kier alpha value is -2.04. The fourth-order valence-electron chi connectivity index (χ4n) is 1.79. The van der Waals surface area contributed by atoms with Gasteiger partial charge in [0.25, 0.3) is 5.91 Å². The van der Waals surface area contributed by atoms with Crippen LogP contribution in [0.4, 0.5) is 0 Å². The van der Waals surface area contributed by atoms with Crippen LogP contribution in [0.3, 0.4) is 0 Å². The van der Waals surface area contributed by atoms with Gasteiger partial charge < -0.3 is 4.74 Å². The second kappa shape index (κ2) is 7.99. The van der Waals surface area contributed by atoms with Gasteiger partial charge in [0.15, 0.2) is 6.10 Å². The molecule has 0 radical (unpaired) electrons. The molecule has 0 fully saturated rings. The van der Waals surface area contributed by atoms with Gasteiger partial charge >= 0.3 is 0 Å². The number of hydrogen-bond acceptors (Lipinski definition) is 3. The minimum atomic E-state index is -0.749. The summed E-state index contributed by atoms with van der Waals surface area (Å²) in [4.78, 5) is 12.0. The van der Waals surface area contributed by atoms with E-state index in [1.807, 2.05) is 37.3 Å². The van der Waals surface area contributed by atoms with Crippen molar-refractivity contribution >= 4 is 34.8 Å². The third-order valence-electron chi connectivity index (χ3n) is 3.09. The Morgan fingerprint density at radius 3 is 2.52 bits per heavy atom. The highest BCUT2D eigenvalue weighted by molar-refractivity contribution is 6.35. The van der Waals surface area contributed by atoms with Gasteiger partial charge in [-0.3, -0.25) is 4.79 Å². The normalized spacial score (nSPS) is 12.6. The van der Waals surface area contributed by atoms with Crippen LogP contribution < -0.4 is 10.2 Å². The van der Waals surface area contributed by atoms with E-state index in [4.69, 9.17) is 27.9 Å². The van der Waals surface area contributed by atoms with Gasteiger partial charge in [-0.2, -0.15) is 5.10 Å². The van der Waals surface area contributed by atoms with E-state index in [1.165, 1.54) is 0 Å². The maximum absolute atomic E-state index is 12.0. The Labute approximate surface area is 145 Å². The number of nitrogens with one attached hydrogen (secondary N) is 1. The fourth-order valence-corrected chi connectivity index (χ4v) is 2.24. The lowest BCUT2D eigenvalue weighted by atomic mass is 10.1. The predicted molar refractivity (Wildman–Crippen MR) is 93.3 cm³/mol. The molecule has 0 aliphatic heterocycles. The molecule has 0 saturated heterocycles. The van der Waals surface area contributed by atoms with Crippen LogP contribution in [0.2, 0.25) is 10.0 Å². The fraction of sp³-hybridized carbons (Fsp3) is 0.176. The highest BCUT2D eigenvalue weighted by Gasteiger charge is 2.16. The summed E-state index contributed by atoms with van der Waals surface area (Å²) in [7, 11) is 0. The Balaban J connectivity index is 1.97. The van der Waals surface area contributed by atoms with Gasteiger partial charge in [-0.25, -0.2) is 5.43 Å². The molecule has 0 bridgehead atoms. The van der Waals surface area contributed by atoms with Gasteiger partial charge in [0.05, 0.1) is 10.7 Å². The molecule has 2 rings (SSSR count). The van der Waals surface area contributed by atoms with Crippen molar-refractivity contribution in [1.29, 1.82) is 0 Å². The molecule has 2 aromatic rings. The SMILES string of the molecule is C/C(=N\NC(=O)C(C)Oc1ccc(Cl)cc1Cl)c1ccccc1. The molecule has 0 aromatic heterocycles. The number of ether oxygens (including phenoxy) is 1. The zero-order valence-electron chi connectivity index (χ0n) is 12.7. The van der Waals surface area contributed by atoms with Crippen molar-refractivity contribution in [2.75, 3.05) is 0 Å². The summed E-state index contributed by atoms with van der Waals surface area (Å²) in [5.41, 5.74) is 4.12. The first kappa shape index (κ1) is 17.3. The third kappa shape index (κ3) is 4.98. The predicted octanol–water partition coefficient (Wildman–Crippen LogP) is 4.30. The van der Waals surface area contributed by atoms with Crippen LogP contribution in [0.1, 0.15) is 19.4 Å². The zero-order valence-corrected chi connectivity index (χ0v) is 14.2. The molecule has 23 heavy (non-hydrogen) atoms. The zero-order chi connectivity index (χ0) is 16.8. The smallest absolute Gasteiger partial charge is 0.280 e. The summed E-state index contributed by atoms with van der Waals surface area (Å²) in [5.74, 6) is 0.0220. The molecule has 6 heteroatoms. The first-order chi connectivity index (χ1) is 11.0. The molecule has 1 amide bonds. The standard InChI is InChI=1S/C17H16Cl2N2O2/c1-11(13-6-4-3-5-7-13)20-21-17(22)12(2)23-16-9-8-14(18)10-15(16)19/h3-10,12H,1-2H3,(H,21,22)/b20-11+. The monoisotopic (exact) mass is 350 g/mol.